The van der Waals surface area contributed by atoms with Gasteiger partial charge in [0.2, 0.25) is 0 Å². The van der Waals surface area contributed by atoms with Crippen LogP contribution in [0.4, 0.5) is 0 Å². The fourth-order valence-corrected chi connectivity index (χ4v) is 4.99. The van der Waals surface area contributed by atoms with Crippen LogP contribution in [0.15, 0.2) is 0 Å². The monoisotopic (exact) mass is 177 g/mol. The predicted molar refractivity (Wildman–Crippen MR) is 55.3 cm³/mol. The molecule has 0 radical (unpaired) electrons. The lowest BCUT2D eigenvalue weighted by Gasteiger charge is -2.55. The molecule has 0 heterocycles. The van der Waals surface area contributed by atoms with Crippen molar-refractivity contribution in [2.24, 2.45) is 16.7 Å². The first-order chi connectivity index (χ1) is 6.13. The second-order valence-electron chi connectivity index (χ2n) is 6.42. The second-order valence-corrected chi connectivity index (χ2v) is 6.42. The first kappa shape index (κ1) is 8.20. The van der Waals surface area contributed by atoms with Crippen molar-refractivity contribution in [3.8, 4) is 0 Å². The molecule has 4 rings (SSSR count). The summed E-state index contributed by atoms with van der Waals surface area (Å²) in [4.78, 5) is 0. The van der Waals surface area contributed by atoms with E-state index in [4.69, 9.17) is 0 Å². The van der Waals surface area contributed by atoms with Crippen LogP contribution >= 0.6 is 0 Å². The standard InChI is InChI=1S/C13H21/c1-3-13-7-10-4-11(8-13)6-12(2,5-10)9-13/h10H,3-9H2,1-2H3/q+1/t10-,12-,13+/m0/s1. The molecule has 0 aliphatic heterocycles. The fraction of sp³-hybridized carbons (Fsp3) is 0.923. The van der Waals surface area contributed by atoms with Crippen LogP contribution in [-0.4, -0.2) is 0 Å². The zero-order valence-electron chi connectivity index (χ0n) is 9.03. The van der Waals surface area contributed by atoms with Crippen molar-refractivity contribution in [3.05, 3.63) is 5.92 Å². The van der Waals surface area contributed by atoms with E-state index >= 15 is 0 Å². The van der Waals surface area contributed by atoms with Gasteiger partial charge in [0.15, 0.2) is 0 Å². The second kappa shape index (κ2) is 2.27. The Balaban J connectivity index is 1.95. The molecule has 3 atom stereocenters. The molecule has 4 saturated carbocycles. The topological polar surface area (TPSA) is 0 Å². The summed E-state index contributed by atoms with van der Waals surface area (Å²) in [6.07, 6.45) is 10.5. The van der Waals surface area contributed by atoms with Crippen molar-refractivity contribution >= 4 is 0 Å². The molecule has 0 saturated heterocycles. The van der Waals surface area contributed by atoms with Crippen molar-refractivity contribution in [3.63, 3.8) is 0 Å². The van der Waals surface area contributed by atoms with E-state index in [9.17, 15) is 0 Å². The van der Waals surface area contributed by atoms with Crippen molar-refractivity contribution in [2.75, 3.05) is 0 Å². The fourth-order valence-electron chi connectivity index (χ4n) is 4.99. The summed E-state index contributed by atoms with van der Waals surface area (Å²) in [5, 5.41) is 0. The summed E-state index contributed by atoms with van der Waals surface area (Å²) in [6.45, 7) is 4.96. The van der Waals surface area contributed by atoms with Crippen molar-refractivity contribution in [1.82, 2.24) is 0 Å². The largest absolute Gasteiger partial charge is 0.0956 e. The molecule has 4 fully saturated rings. The third kappa shape index (κ3) is 1.07. The average Bonchev–Trinajstić information content (AvgIpc) is 1.99. The van der Waals surface area contributed by atoms with E-state index in [-0.39, 0.29) is 0 Å². The molecule has 0 heteroatoms. The molecule has 0 unspecified atom stereocenters. The smallest absolute Gasteiger partial charge is 0.0647 e. The lowest BCUT2D eigenvalue weighted by Crippen LogP contribution is -2.49. The van der Waals surface area contributed by atoms with Crippen LogP contribution in [0.2, 0.25) is 0 Å². The third-order valence-corrected chi connectivity index (χ3v) is 4.93. The van der Waals surface area contributed by atoms with Gasteiger partial charge >= 0.3 is 0 Å². The summed E-state index contributed by atoms with van der Waals surface area (Å²) >= 11 is 0. The van der Waals surface area contributed by atoms with Crippen molar-refractivity contribution < 1.29 is 0 Å². The van der Waals surface area contributed by atoms with Gasteiger partial charge in [-0.25, -0.2) is 0 Å². The van der Waals surface area contributed by atoms with Crippen LogP contribution in [0.25, 0.3) is 0 Å². The Bertz CT molecular complexity index is 214. The van der Waals surface area contributed by atoms with Gasteiger partial charge in [0.1, 0.15) is 0 Å². The Kier molecular flexibility index (Phi) is 1.43. The van der Waals surface area contributed by atoms with Crippen LogP contribution in [0.5, 0.6) is 0 Å². The van der Waals surface area contributed by atoms with E-state index < -0.39 is 0 Å². The number of hydrogen-bond acceptors (Lipinski definition) is 0. The van der Waals surface area contributed by atoms with E-state index in [0.717, 1.165) is 16.7 Å². The summed E-state index contributed by atoms with van der Waals surface area (Å²) in [5.41, 5.74) is 1.49. The summed E-state index contributed by atoms with van der Waals surface area (Å²) in [5.74, 6) is 3.01. The minimum absolute atomic E-state index is 0.727. The molecule has 13 heavy (non-hydrogen) atoms. The first-order valence-corrected chi connectivity index (χ1v) is 5.97. The lowest BCUT2D eigenvalue weighted by molar-refractivity contribution is -0.0501. The van der Waals surface area contributed by atoms with Crippen molar-refractivity contribution in [2.45, 2.75) is 58.8 Å². The molecular weight excluding hydrogens is 156 g/mol. The normalized spacial score (nSPS) is 53.1. The van der Waals surface area contributed by atoms with E-state index in [1.165, 1.54) is 38.5 Å². The molecule has 0 amide bonds. The molecule has 4 aliphatic carbocycles. The molecule has 72 valence electrons. The minimum atomic E-state index is 0.727. The molecule has 0 nitrogen and oxygen atoms in total. The first-order valence-electron chi connectivity index (χ1n) is 5.97. The Morgan fingerprint density at radius 1 is 1.31 bits per heavy atom. The van der Waals surface area contributed by atoms with Crippen LogP contribution in [-0.2, 0) is 0 Å². The highest BCUT2D eigenvalue weighted by atomic mass is 14.6. The third-order valence-electron chi connectivity index (χ3n) is 4.93. The maximum absolute atomic E-state index is 2.54. The Hall–Kier alpha value is -0.130. The Labute approximate surface area is 82.1 Å². The highest BCUT2D eigenvalue weighted by Crippen LogP contribution is 2.66. The van der Waals surface area contributed by atoms with Crippen LogP contribution < -0.4 is 0 Å². The molecule has 0 aromatic carbocycles. The number of hydrogen-bond donors (Lipinski definition) is 0. The minimum Gasteiger partial charge on any atom is -0.0647 e. The van der Waals surface area contributed by atoms with Gasteiger partial charge < -0.3 is 0 Å². The zero-order chi connectivity index (χ0) is 9.10. The lowest BCUT2D eigenvalue weighted by atomic mass is 9.44. The quantitative estimate of drug-likeness (QED) is 0.532. The van der Waals surface area contributed by atoms with E-state index in [2.05, 4.69) is 13.8 Å². The maximum Gasteiger partial charge on any atom is 0.0956 e. The zero-order valence-corrected chi connectivity index (χ0v) is 9.03. The number of rotatable bonds is 1. The molecule has 0 aromatic heterocycles. The molecule has 4 aliphatic rings. The summed E-state index contributed by atoms with van der Waals surface area (Å²) in [7, 11) is 0. The van der Waals surface area contributed by atoms with Gasteiger partial charge in [0.05, 0.1) is 25.2 Å². The van der Waals surface area contributed by atoms with Crippen LogP contribution in [0, 0.1) is 22.7 Å². The Morgan fingerprint density at radius 3 is 2.77 bits per heavy atom. The van der Waals surface area contributed by atoms with E-state index in [1.807, 2.05) is 5.92 Å². The van der Waals surface area contributed by atoms with Gasteiger partial charge in [-0.2, -0.15) is 0 Å². The molecule has 0 aromatic rings. The maximum atomic E-state index is 2.54. The van der Waals surface area contributed by atoms with Gasteiger partial charge in [0.25, 0.3) is 0 Å². The highest BCUT2D eigenvalue weighted by molar-refractivity contribution is 5.16. The molecule has 4 bridgehead atoms. The molecule has 0 N–H and O–H groups in total. The van der Waals surface area contributed by atoms with E-state index in [0.29, 0.717) is 0 Å². The Morgan fingerprint density at radius 2 is 2.15 bits per heavy atom. The summed E-state index contributed by atoms with van der Waals surface area (Å²) in [6, 6.07) is 0. The summed E-state index contributed by atoms with van der Waals surface area (Å²) < 4.78 is 0. The SMILES string of the molecule is CC[C@@]12C[C+]3C[C@@H](C[C@@](C)(C3)C1)C2. The van der Waals surface area contributed by atoms with Crippen LogP contribution in [0.3, 0.4) is 0 Å². The van der Waals surface area contributed by atoms with Gasteiger partial charge in [-0.3, -0.25) is 0 Å². The van der Waals surface area contributed by atoms with Crippen LogP contribution in [0.1, 0.15) is 58.8 Å². The average molecular weight is 177 g/mol. The molecule has 0 spiro atoms. The molecular formula is C13H21+. The van der Waals surface area contributed by atoms with Gasteiger partial charge in [0, 0.05) is 16.7 Å². The van der Waals surface area contributed by atoms with E-state index in [1.54, 1.807) is 6.42 Å². The predicted octanol–water partition coefficient (Wildman–Crippen LogP) is 3.96. The van der Waals surface area contributed by atoms with Gasteiger partial charge in [-0.05, 0) is 25.7 Å². The van der Waals surface area contributed by atoms with Gasteiger partial charge in [-0.15, -0.1) is 0 Å². The van der Waals surface area contributed by atoms with Gasteiger partial charge in [-0.1, -0.05) is 13.8 Å². The highest BCUT2D eigenvalue weighted by Gasteiger charge is 2.60. The van der Waals surface area contributed by atoms with Crippen molar-refractivity contribution in [1.29, 1.82) is 0 Å².